The number of carboxylic acids is 1. The molecule has 3 aromatic rings. The van der Waals surface area contributed by atoms with Crippen molar-refractivity contribution in [3.63, 3.8) is 0 Å². The summed E-state index contributed by atoms with van der Waals surface area (Å²) in [6.45, 7) is 2.05. The van der Waals surface area contributed by atoms with Crippen LogP contribution in [0, 0.1) is 17.1 Å². The SMILES string of the molecule is CNCc1cccc(C#N)c1-c1cnc(N)c(O[C@H](C)c2cc(F)ccc2C(=O)O)n1. The molecule has 1 aromatic heterocycles. The highest BCUT2D eigenvalue weighted by atomic mass is 19.1. The molecule has 8 nitrogen and oxygen atoms in total. The van der Waals surface area contributed by atoms with Crippen molar-refractivity contribution in [3.8, 4) is 23.2 Å². The van der Waals surface area contributed by atoms with Gasteiger partial charge < -0.3 is 20.9 Å². The minimum Gasteiger partial charge on any atom is -0.478 e. The number of ether oxygens (including phenoxy) is 1. The Bertz CT molecular complexity index is 1180. The van der Waals surface area contributed by atoms with E-state index in [1.54, 1.807) is 26.1 Å². The summed E-state index contributed by atoms with van der Waals surface area (Å²) < 4.78 is 19.5. The van der Waals surface area contributed by atoms with Crippen molar-refractivity contribution in [1.82, 2.24) is 15.3 Å². The van der Waals surface area contributed by atoms with Gasteiger partial charge in [0.1, 0.15) is 11.9 Å². The van der Waals surface area contributed by atoms with Gasteiger partial charge in [-0.2, -0.15) is 5.26 Å². The molecule has 1 atom stereocenters. The molecule has 0 spiro atoms. The number of aromatic carboxylic acids is 1. The van der Waals surface area contributed by atoms with Gasteiger partial charge in [0.15, 0.2) is 5.82 Å². The summed E-state index contributed by atoms with van der Waals surface area (Å²) in [6.07, 6.45) is 0.559. The summed E-state index contributed by atoms with van der Waals surface area (Å²) in [4.78, 5) is 20.0. The maximum atomic E-state index is 13.7. The number of hydrogen-bond acceptors (Lipinski definition) is 7. The number of nitriles is 1. The maximum Gasteiger partial charge on any atom is 0.336 e. The average Bonchev–Trinajstić information content (AvgIpc) is 2.75. The molecule has 0 amide bonds. The molecule has 0 aliphatic heterocycles. The summed E-state index contributed by atoms with van der Waals surface area (Å²) >= 11 is 0. The van der Waals surface area contributed by atoms with Crippen LogP contribution in [0.2, 0.25) is 0 Å². The molecule has 31 heavy (non-hydrogen) atoms. The zero-order valence-electron chi connectivity index (χ0n) is 16.9. The molecule has 0 aliphatic rings. The number of anilines is 1. The smallest absolute Gasteiger partial charge is 0.336 e. The van der Waals surface area contributed by atoms with Gasteiger partial charge in [0.2, 0.25) is 0 Å². The van der Waals surface area contributed by atoms with Gasteiger partial charge in [-0.05, 0) is 43.8 Å². The van der Waals surface area contributed by atoms with Gasteiger partial charge in [-0.15, -0.1) is 0 Å². The van der Waals surface area contributed by atoms with E-state index in [9.17, 15) is 19.6 Å². The van der Waals surface area contributed by atoms with E-state index in [1.807, 2.05) is 6.07 Å². The molecule has 1 heterocycles. The molecule has 0 saturated heterocycles. The van der Waals surface area contributed by atoms with E-state index in [1.165, 1.54) is 12.3 Å². The molecule has 9 heteroatoms. The monoisotopic (exact) mass is 421 g/mol. The summed E-state index contributed by atoms with van der Waals surface area (Å²) in [7, 11) is 1.78. The minimum absolute atomic E-state index is 0.0199. The van der Waals surface area contributed by atoms with Gasteiger partial charge in [-0.3, -0.25) is 0 Å². The Morgan fingerprint density at radius 1 is 1.39 bits per heavy atom. The summed E-state index contributed by atoms with van der Waals surface area (Å²) in [6, 6.07) is 10.8. The Kier molecular flexibility index (Phi) is 6.43. The van der Waals surface area contributed by atoms with Crippen molar-refractivity contribution in [2.24, 2.45) is 0 Å². The highest BCUT2D eigenvalue weighted by molar-refractivity contribution is 5.89. The van der Waals surface area contributed by atoms with Gasteiger partial charge >= 0.3 is 5.97 Å². The average molecular weight is 421 g/mol. The molecule has 0 saturated carbocycles. The number of nitrogens with one attached hydrogen (secondary N) is 1. The molecule has 158 valence electrons. The highest BCUT2D eigenvalue weighted by Gasteiger charge is 2.21. The fraction of sp³-hybridized carbons (Fsp3) is 0.182. The van der Waals surface area contributed by atoms with Crippen LogP contribution in [0.3, 0.4) is 0 Å². The van der Waals surface area contributed by atoms with Crippen molar-refractivity contribution in [3.05, 3.63) is 70.7 Å². The first-order valence-electron chi connectivity index (χ1n) is 9.34. The van der Waals surface area contributed by atoms with Crippen LogP contribution in [0.5, 0.6) is 5.88 Å². The number of rotatable bonds is 7. The predicted octanol–water partition coefficient (Wildman–Crippen LogP) is 3.29. The Labute approximate surface area is 178 Å². The van der Waals surface area contributed by atoms with Gasteiger partial charge in [0, 0.05) is 17.7 Å². The van der Waals surface area contributed by atoms with E-state index < -0.39 is 17.9 Å². The topological polar surface area (TPSA) is 134 Å². The van der Waals surface area contributed by atoms with Crippen molar-refractivity contribution in [2.45, 2.75) is 19.6 Å². The number of carboxylic acid groups (broad SMARTS) is 1. The number of aromatic nitrogens is 2. The van der Waals surface area contributed by atoms with Crippen molar-refractivity contribution >= 4 is 11.8 Å². The van der Waals surface area contributed by atoms with E-state index in [-0.39, 0.29) is 22.8 Å². The van der Waals surface area contributed by atoms with Gasteiger partial charge in [0.25, 0.3) is 5.88 Å². The van der Waals surface area contributed by atoms with E-state index in [2.05, 4.69) is 21.4 Å². The normalized spacial score (nSPS) is 11.5. The summed E-state index contributed by atoms with van der Waals surface area (Å²) in [5.41, 5.74) is 8.15. The number of halogens is 1. The molecular weight excluding hydrogens is 401 g/mol. The van der Waals surface area contributed by atoms with Gasteiger partial charge in [0.05, 0.1) is 29.1 Å². The fourth-order valence-electron chi connectivity index (χ4n) is 3.22. The van der Waals surface area contributed by atoms with Crippen LogP contribution in [0.15, 0.2) is 42.6 Å². The lowest BCUT2D eigenvalue weighted by molar-refractivity contribution is 0.0691. The second-order valence-corrected chi connectivity index (χ2v) is 6.72. The quantitative estimate of drug-likeness (QED) is 0.529. The summed E-state index contributed by atoms with van der Waals surface area (Å²) in [5.74, 6) is -1.87. The molecule has 4 N–H and O–H groups in total. The Hall–Kier alpha value is -4.03. The predicted molar refractivity (Wildman–Crippen MR) is 112 cm³/mol. The number of nitrogen functional groups attached to an aromatic ring is 1. The fourth-order valence-corrected chi connectivity index (χ4v) is 3.22. The van der Waals surface area contributed by atoms with Crippen LogP contribution in [0.25, 0.3) is 11.3 Å². The molecule has 0 bridgehead atoms. The number of nitrogens with two attached hydrogens (primary N) is 1. The molecule has 2 aromatic carbocycles. The van der Waals surface area contributed by atoms with Crippen LogP contribution in [-0.2, 0) is 6.54 Å². The first kappa shape index (κ1) is 21.7. The number of carbonyl (C=O) groups is 1. The molecule has 0 radical (unpaired) electrons. The lowest BCUT2D eigenvalue weighted by Crippen LogP contribution is -2.13. The third kappa shape index (κ3) is 4.60. The molecule has 0 unspecified atom stereocenters. The van der Waals surface area contributed by atoms with Gasteiger partial charge in [-0.25, -0.2) is 19.2 Å². The third-order valence-corrected chi connectivity index (χ3v) is 4.63. The maximum absolute atomic E-state index is 13.7. The van der Waals surface area contributed by atoms with Crippen LogP contribution >= 0.6 is 0 Å². The van der Waals surface area contributed by atoms with E-state index in [4.69, 9.17) is 10.5 Å². The number of nitrogens with zero attached hydrogens (tertiary/aromatic N) is 3. The molecule has 0 fully saturated rings. The Balaban J connectivity index is 2.04. The molecule has 0 aliphatic carbocycles. The molecule has 3 rings (SSSR count). The highest BCUT2D eigenvalue weighted by Crippen LogP contribution is 2.31. The van der Waals surface area contributed by atoms with Crippen molar-refractivity contribution in [2.75, 3.05) is 12.8 Å². The largest absolute Gasteiger partial charge is 0.478 e. The minimum atomic E-state index is -1.21. The third-order valence-electron chi connectivity index (χ3n) is 4.63. The van der Waals surface area contributed by atoms with Gasteiger partial charge in [-0.1, -0.05) is 12.1 Å². The van der Waals surface area contributed by atoms with Crippen molar-refractivity contribution in [1.29, 1.82) is 5.26 Å². The summed E-state index contributed by atoms with van der Waals surface area (Å²) in [5, 5.41) is 22.0. The first-order valence-corrected chi connectivity index (χ1v) is 9.34. The van der Waals surface area contributed by atoms with Crippen LogP contribution in [0.4, 0.5) is 10.2 Å². The molecular formula is C22H20FN5O3. The lowest BCUT2D eigenvalue weighted by atomic mass is 9.99. The van der Waals surface area contributed by atoms with Crippen LogP contribution in [0.1, 0.15) is 40.1 Å². The van der Waals surface area contributed by atoms with Crippen LogP contribution in [-0.4, -0.2) is 28.1 Å². The standard InChI is InChI=1S/C22H20FN5O3/c1-12(17-8-15(23)6-7-16(17)22(29)30)31-21-20(25)27-11-18(28-21)19-13(9-24)4-3-5-14(19)10-26-2/h3-8,11-12,26H,10H2,1-2H3,(H2,25,27)(H,29,30)/t12-/m1/s1. The number of hydrogen-bond donors (Lipinski definition) is 3. The first-order chi connectivity index (χ1) is 14.8. The van der Waals surface area contributed by atoms with E-state index in [0.29, 0.717) is 23.4 Å². The van der Waals surface area contributed by atoms with E-state index >= 15 is 0 Å². The Morgan fingerprint density at radius 3 is 2.84 bits per heavy atom. The zero-order chi connectivity index (χ0) is 22.5. The van der Waals surface area contributed by atoms with E-state index in [0.717, 1.165) is 17.7 Å². The second-order valence-electron chi connectivity index (χ2n) is 6.72. The van der Waals surface area contributed by atoms with Crippen LogP contribution < -0.4 is 15.8 Å². The van der Waals surface area contributed by atoms with Crippen molar-refractivity contribution < 1.29 is 19.0 Å². The lowest BCUT2D eigenvalue weighted by Gasteiger charge is -2.18. The number of benzene rings is 2. The Morgan fingerprint density at radius 2 is 2.16 bits per heavy atom. The second kappa shape index (κ2) is 9.19. The zero-order valence-corrected chi connectivity index (χ0v) is 16.9.